The summed E-state index contributed by atoms with van der Waals surface area (Å²) in [6.45, 7) is 4.39. The van der Waals surface area contributed by atoms with Crippen molar-refractivity contribution in [2.24, 2.45) is 0 Å². The zero-order valence-corrected chi connectivity index (χ0v) is 18.2. The van der Waals surface area contributed by atoms with Crippen molar-refractivity contribution in [1.29, 1.82) is 0 Å². The van der Waals surface area contributed by atoms with E-state index in [9.17, 15) is 13.2 Å². The van der Waals surface area contributed by atoms with Crippen molar-refractivity contribution >= 4 is 43.7 Å². The van der Waals surface area contributed by atoms with E-state index >= 15 is 0 Å². The van der Waals surface area contributed by atoms with Crippen molar-refractivity contribution in [2.75, 3.05) is 18.1 Å². The van der Waals surface area contributed by atoms with E-state index in [1.165, 1.54) is 22.7 Å². The molecule has 0 saturated carbocycles. The third-order valence-corrected chi connectivity index (χ3v) is 6.64. The quantitative estimate of drug-likeness (QED) is 0.590. The number of benzene rings is 1. The van der Waals surface area contributed by atoms with Crippen molar-refractivity contribution in [1.82, 2.24) is 9.71 Å². The first kappa shape index (κ1) is 20.7. The van der Waals surface area contributed by atoms with E-state index in [4.69, 9.17) is 0 Å². The normalized spacial score (nSPS) is 11.5. The smallest absolute Gasteiger partial charge is 0.267 e. The highest BCUT2D eigenvalue weighted by molar-refractivity contribution is 7.88. The van der Waals surface area contributed by atoms with E-state index in [0.29, 0.717) is 23.0 Å². The Balaban J connectivity index is 1.64. The van der Waals surface area contributed by atoms with Crippen molar-refractivity contribution in [3.05, 3.63) is 56.6 Å². The summed E-state index contributed by atoms with van der Waals surface area (Å²) in [7, 11) is -3.20. The highest BCUT2D eigenvalue weighted by Crippen LogP contribution is 2.29. The number of rotatable bonds is 7. The summed E-state index contributed by atoms with van der Waals surface area (Å²) < 4.78 is 24.7. The van der Waals surface area contributed by atoms with E-state index in [0.717, 1.165) is 33.5 Å². The number of sulfonamides is 1. The van der Waals surface area contributed by atoms with Crippen LogP contribution in [0.15, 0.2) is 35.7 Å². The van der Waals surface area contributed by atoms with E-state index in [2.05, 4.69) is 33.2 Å². The highest BCUT2D eigenvalue weighted by atomic mass is 32.2. The topological polar surface area (TPSA) is 88.2 Å². The number of amides is 1. The molecule has 0 unspecified atom stereocenters. The molecule has 3 aromatic rings. The molecule has 148 valence electrons. The number of carbonyl (C=O) groups excluding carboxylic acids is 1. The fraction of sp³-hybridized carbons (Fsp3) is 0.263. The first-order valence-corrected chi connectivity index (χ1v) is 12.2. The van der Waals surface area contributed by atoms with Gasteiger partial charge in [-0.15, -0.1) is 22.7 Å². The molecule has 9 heteroatoms. The lowest BCUT2D eigenvalue weighted by molar-refractivity contribution is 0.103. The van der Waals surface area contributed by atoms with Crippen LogP contribution < -0.4 is 10.0 Å². The number of aryl methyl sites for hydroxylation is 2. The fourth-order valence-electron chi connectivity index (χ4n) is 2.62. The van der Waals surface area contributed by atoms with E-state index < -0.39 is 10.0 Å². The third kappa shape index (κ3) is 5.48. The monoisotopic (exact) mass is 435 g/mol. The Labute approximate surface area is 172 Å². The van der Waals surface area contributed by atoms with Gasteiger partial charge in [0.25, 0.3) is 5.91 Å². The first-order valence-electron chi connectivity index (χ1n) is 8.59. The Kier molecular flexibility index (Phi) is 6.29. The maximum atomic E-state index is 12.5. The largest absolute Gasteiger partial charge is 0.297 e. The van der Waals surface area contributed by atoms with Gasteiger partial charge in [0, 0.05) is 22.4 Å². The summed E-state index contributed by atoms with van der Waals surface area (Å²) in [6, 6.07) is 9.80. The van der Waals surface area contributed by atoms with Crippen molar-refractivity contribution in [2.45, 2.75) is 20.3 Å². The number of thiophene rings is 1. The van der Waals surface area contributed by atoms with Crippen LogP contribution in [0.2, 0.25) is 0 Å². The molecular formula is C19H21N3O3S3. The van der Waals surface area contributed by atoms with Gasteiger partial charge in [0.2, 0.25) is 10.0 Å². The molecule has 0 fully saturated rings. The van der Waals surface area contributed by atoms with Crippen LogP contribution in [-0.2, 0) is 16.4 Å². The van der Waals surface area contributed by atoms with Crippen LogP contribution in [0.3, 0.4) is 0 Å². The molecule has 1 aromatic carbocycles. The number of nitrogens with zero attached hydrogens (tertiary/aromatic N) is 1. The van der Waals surface area contributed by atoms with Crippen LogP contribution in [0.4, 0.5) is 5.13 Å². The molecule has 0 aliphatic rings. The summed E-state index contributed by atoms with van der Waals surface area (Å²) in [5.74, 6) is -0.214. The maximum Gasteiger partial charge on any atom is 0.267 e. The molecule has 2 heterocycles. The number of hydrogen-bond donors (Lipinski definition) is 2. The molecule has 0 radical (unpaired) electrons. The number of hydrogen-bond acceptors (Lipinski definition) is 6. The molecule has 0 aliphatic heterocycles. The molecule has 0 bridgehead atoms. The highest BCUT2D eigenvalue weighted by Gasteiger charge is 2.13. The Morgan fingerprint density at radius 3 is 2.71 bits per heavy atom. The van der Waals surface area contributed by atoms with Gasteiger partial charge in [-0.05, 0) is 44.0 Å². The number of thiazole rings is 1. The van der Waals surface area contributed by atoms with Crippen molar-refractivity contribution < 1.29 is 13.2 Å². The predicted molar refractivity (Wildman–Crippen MR) is 116 cm³/mol. The SMILES string of the molecule is Cc1ccc(C)c(-c2csc(NC(=O)c3ccc(CCNS(C)(=O)=O)s3)n2)c1. The molecule has 0 spiro atoms. The Bertz CT molecular complexity index is 1100. The minimum absolute atomic E-state index is 0.214. The molecule has 0 atom stereocenters. The second kappa shape index (κ2) is 8.52. The van der Waals surface area contributed by atoms with Gasteiger partial charge in [-0.25, -0.2) is 18.1 Å². The number of nitrogens with one attached hydrogen (secondary N) is 2. The Morgan fingerprint density at radius 1 is 1.18 bits per heavy atom. The number of carbonyl (C=O) groups is 1. The molecule has 2 aromatic heterocycles. The molecule has 6 nitrogen and oxygen atoms in total. The number of aromatic nitrogens is 1. The Morgan fingerprint density at radius 2 is 1.96 bits per heavy atom. The summed E-state index contributed by atoms with van der Waals surface area (Å²) in [5.41, 5.74) is 4.21. The summed E-state index contributed by atoms with van der Waals surface area (Å²) in [4.78, 5) is 18.5. The van der Waals surface area contributed by atoms with Gasteiger partial charge in [0.15, 0.2) is 5.13 Å². The summed E-state index contributed by atoms with van der Waals surface area (Å²) >= 11 is 2.74. The van der Waals surface area contributed by atoms with Crippen LogP contribution in [0.1, 0.15) is 25.7 Å². The van der Waals surface area contributed by atoms with Crippen LogP contribution in [0.5, 0.6) is 0 Å². The summed E-state index contributed by atoms with van der Waals surface area (Å²) in [6.07, 6.45) is 1.67. The summed E-state index contributed by atoms with van der Waals surface area (Å²) in [5, 5.41) is 5.33. The second-order valence-corrected chi connectivity index (χ2v) is 10.4. The molecule has 0 saturated heterocycles. The lowest BCUT2D eigenvalue weighted by Crippen LogP contribution is -2.24. The minimum Gasteiger partial charge on any atom is -0.297 e. The van der Waals surface area contributed by atoms with Gasteiger partial charge in [0.1, 0.15) is 0 Å². The minimum atomic E-state index is -3.20. The first-order chi connectivity index (χ1) is 13.2. The molecule has 3 rings (SSSR count). The molecular weight excluding hydrogens is 414 g/mol. The second-order valence-electron chi connectivity index (χ2n) is 6.49. The van der Waals surface area contributed by atoms with Crippen molar-refractivity contribution in [3.8, 4) is 11.3 Å². The standard InChI is InChI=1S/C19H21N3O3S3/c1-12-4-5-13(2)15(10-12)16-11-26-19(21-16)22-18(23)17-7-6-14(27-17)8-9-20-28(3,24)25/h4-7,10-11,20H,8-9H2,1-3H3,(H,21,22,23). The lowest BCUT2D eigenvalue weighted by atomic mass is 10.0. The molecule has 2 N–H and O–H groups in total. The molecule has 28 heavy (non-hydrogen) atoms. The Hall–Kier alpha value is -2.07. The predicted octanol–water partition coefficient (Wildman–Crippen LogP) is 3.83. The van der Waals surface area contributed by atoms with Gasteiger partial charge in [0.05, 0.1) is 16.8 Å². The average molecular weight is 436 g/mol. The zero-order valence-electron chi connectivity index (χ0n) is 15.8. The van der Waals surface area contributed by atoms with Crippen LogP contribution >= 0.6 is 22.7 Å². The fourth-order valence-corrected chi connectivity index (χ4v) is 4.70. The van der Waals surface area contributed by atoms with Gasteiger partial charge < -0.3 is 0 Å². The van der Waals surface area contributed by atoms with Gasteiger partial charge in [-0.3, -0.25) is 10.1 Å². The van der Waals surface area contributed by atoms with Gasteiger partial charge in [-0.2, -0.15) is 0 Å². The maximum absolute atomic E-state index is 12.5. The number of anilines is 1. The van der Waals surface area contributed by atoms with Crippen LogP contribution in [0.25, 0.3) is 11.3 Å². The lowest BCUT2D eigenvalue weighted by Gasteiger charge is -2.04. The van der Waals surface area contributed by atoms with E-state index in [-0.39, 0.29) is 5.91 Å². The van der Waals surface area contributed by atoms with Gasteiger partial charge >= 0.3 is 0 Å². The zero-order chi connectivity index (χ0) is 20.3. The van der Waals surface area contributed by atoms with E-state index in [1.54, 1.807) is 6.07 Å². The van der Waals surface area contributed by atoms with E-state index in [1.807, 2.05) is 25.3 Å². The van der Waals surface area contributed by atoms with Crippen LogP contribution in [-0.4, -0.2) is 32.1 Å². The van der Waals surface area contributed by atoms with Crippen LogP contribution in [0, 0.1) is 13.8 Å². The average Bonchev–Trinajstić information content (AvgIpc) is 3.25. The molecule has 1 amide bonds. The third-order valence-electron chi connectivity index (χ3n) is 4.01. The van der Waals surface area contributed by atoms with Crippen molar-refractivity contribution in [3.63, 3.8) is 0 Å². The molecule has 0 aliphatic carbocycles. The van der Waals surface area contributed by atoms with Gasteiger partial charge in [-0.1, -0.05) is 17.7 Å².